The van der Waals surface area contributed by atoms with Gasteiger partial charge in [0.1, 0.15) is 0 Å². The zero-order chi connectivity index (χ0) is 22.8. The SMILES string of the molecule is COc1cnc(CN2CCN(C3CC4(CCNCC4)C3)C(c3ccccc3C(C)C)C2)cn1. The molecule has 6 heteroatoms. The minimum atomic E-state index is 0.438. The minimum absolute atomic E-state index is 0.438. The molecule has 3 aliphatic rings. The van der Waals surface area contributed by atoms with E-state index in [0.717, 1.165) is 37.9 Å². The normalized spacial score (nSPS) is 24.2. The van der Waals surface area contributed by atoms with Gasteiger partial charge < -0.3 is 10.1 Å². The molecule has 6 nitrogen and oxygen atoms in total. The molecule has 3 fully saturated rings. The second kappa shape index (κ2) is 9.69. The molecule has 2 saturated heterocycles. The van der Waals surface area contributed by atoms with Crippen LogP contribution >= 0.6 is 0 Å². The van der Waals surface area contributed by atoms with E-state index in [-0.39, 0.29) is 0 Å². The van der Waals surface area contributed by atoms with Gasteiger partial charge in [0.05, 0.1) is 25.2 Å². The Morgan fingerprint density at radius 1 is 1.09 bits per heavy atom. The van der Waals surface area contributed by atoms with Gasteiger partial charge in [-0.05, 0) is 61.2 Å². The maximum Gasteiger partial charge on any atom is 0.231 e. The number of hydrogen-bond donors (Lipinski definition) is 1. The summed E-state index contributed by atoms with van der Waals surface area (Å²) >= 11 is 0. The lowest BCUT2D eigenvalue weighted by Crippen LogP contribution is -2.59. The van der Waals surface area contributed by atoms with Crippen molar-refractivity contribution in [3.8, 4) is 5.88 Å². The molecule has 0 amide bonds. The van der Waals surface area contributed by atoms with Gasteiger partial charge in [-0.1, -0.05) is 38.1 Å². The first-order valence-corrected chi connectivity index (χ1v) is 12.7. The predicted molar refractivity (Wildman–Crippen MR) is 131 cm³/mol. The molecule has 5 rings (SSSR count). The topological polar surface area (TPSA) is 53.5 Å². The van der Waals surface area contributed by atoms with Crippen molar-refractivity contribution in [2.45, 2.75) is 64.1 Å². The molecular formula is C27H39N5O. The van der Waals surface area contributed by atoms with Gasteiger partial charge in [-0.3, -0.25) is 14.8 Å². The summed E-state index contributed by atoms with van der Waals surface area (Å²) in [4.78, 5) is 14.4. The van der Waals surface area contributed by atoms with Crippen LogP contribution in [-0.2, 0) is 6.54 Å². The van der Waals surface area contributed by atoms with Gasteiger partial charge in [-0.2, -0.15) is 0 Å². The summed E-state index contributed by atoms with van der Waals surface area (Å²) < 4.78 is 5.18. The van der Waals surface area contributed by atoms with Crippen molar-refractivity contribution in [2.75, 3.05) is 39.8 Å². The van der Waals surface area contributed by atoms with E-state index in [9.17, 15) is 0 Å². The lowest BCUT2D eigenvalue weighted by atomic mass is 9.60. The van der Waals surface area contributed by atoms with E-state index in [1.807, 2.05) is 6.20 Å². The molecule has 178 valence electrons. The Balaban J connectivity index is 1.35. The quantitative estimate of drug-likeness (QED) is 0.719. The summed E-state index contributed by atoms with van der Waals surface area (Å²) in [5.41, 5.74) is 4.63. The Hall–Kier alpha value is -2.02. The standard InChI is InChI=1S/C27H39N5O/c1-20(2)23-6-4-5-7-24(23)25-19-31(18-21-16-30-26(33-3)17-29-21)12-13-32(25)22-14-27(15-22)8-10-28-11-9-27/h4-7,16-17,20,22,25,28H,8-15,18-19H2,1-3H3. The van der Waals surface area contributed by atoms with Crippen LogP contribution in [0.5, 0.6) is 5.88 Å². The van der Waals surface area contributed by atoms with Crippen molar-refractivity contribution in [3.63, 3.8) is 0 Å². The first-order valence-electron chi connectivity index (χ1n) is 12.7. The van der Waals surface area contributed by atoms with Crippen LogP contribution < -0.4 is 10.1 Å². The van der Waals surface area contributed by atoms with Gasteiger partial charge in [-0.25, -0.2) is 4.98 Å². The summed E-state index contributed by atoms with van der Waals surface area (Å²) in [7, 11) is 1.63. The summed E-state index contributed by atoms with van der Waals surface area (Å²) in [5.74, 6) is 1.10. The van der Waals surface area contributed by atoms with Crippen LogP contribution in [0.15, 0.2) is 36.7 Å². The third kappa shape index (κ3) is 4.79. The maximum absolute atomic E-state index is 5.18. The average molecular weight is 450 g/mol. The summed E-state index contributed by atoms with van der Waals surface area (Å²) in [6.45, 7) is 11.1. The van der Waals surface area contributed by atoms with Crippen LogP contribution in [0.25, 0.3) is 0 Å². The zero-order valence-electron chi connectivity index (χ0n) is 20.5. The fraction of sp³-hybridized carbons (Fsp3) is 0.630. The number of nitrogens with zero attached hydrogens (tertiary/aromatic N) is 4. The van der Waals surface area contributed by atoms with Crippen molar-refractivity contribution in [1.82, 2.24) is 25.1 Å². The second-order valence-corrected chi connectivity index (χ2v) is 10.6. The van der Waals surface area contributed by atoms with Crippen molar-refractivity contribution < 1.29 is 4.74 Å². The van der Waals surface area contributed by atoms with E-state index in [0.29, 0.717) is 23.3 Å². The molecule has 1 aliphatic carbocycles. The summed E-state index contributed by atoms with van der Waals surface area (Å²) in [6.07, 6.45) is 9.04. The molecule has 2 aromatic rings. The highest BCUT2D eigenvalue weighted by molar-refractivity contribution is 5.33. The number of piperazine rings is 1. The van der Waals surface area contributed by atoms with Crippen LogP contribution in [0.4, 0.5) is 0 Å². The lowest BCUT2D eigenvalue weighted by Gasteiger charge is -2.57. The molecule has 33 heavy (non-hydrogen) atoms. The predicted octanol–water partition coefficient (Wildman–Crippen LogP) is 4.00. The highest BCUT2D eigenvalue weighted by Gasteiger charge is 2.49. The van der Waals surface area contributed by atoms with E-state index < -0.39 is 0 Å². The monoisotopic (exact) mass is 449 g/mol. The largest absolute Gasteiger partial charge is 0.480 e. The number of aromatic nitrogens is 2. The molecule has 1 atom stereocenters. The van der Waals surface area contributed by atoms with Crippen molar-refractivity contribution in [1.29, 1.82) is 0 Å². The Labute approximate surface area is 198 Å². The smallest absolute Gasteiger partial charge is 0.231 e. The van der Waals surface area contributed by atoms with Gasteiger partial charge in [0.25, 0.3) is 0 Å². The van der Waals surface area contributed by atoms with Gasteiger partial charge in [-0.15, -0.1) is 0 Å². The van der Waals surface area contributed by atoms with Gasteiger partial charge in [0.15, 0.2) is 0 Å². The molecule has 2 aliphatic heterocycles. The molecule has 1 N–H and O–H groups in total. The Morgan fingerprint density at radius 3 is 2.58 bits per heavy atom. The van der Waals surface area contributed by atoms with E-state index in [1.54, 1.807) is 13.3 Å². The first-order chi connectivity index (χ1) is 16.1. The van der Waals surface area contributed by atoms with Gasteiger partial charge >= 0.3 is 0 Å². The van der Waals surface area contributed by atoms with E-state index in [4.69, 9.17) is 4.74 Å². The average Bonchev–Trinajstić information content (AvgIpc) is 2.83. The molecule has 0 bridgehead atoms. The lowest BCUT2D eigenvalue weighted by molar-refractivity contribution is -0.0651. The number of nitrogens with one attached hydrogen (secondary N) is 1. The highest BCUT2D eigenvalue weighted by atomic mass is 16.5. The molecule has 1 aromatic heterocycles. The second-order valence-electron chi connectivity index (χ2n) is 10.6. The molecule has 0 radical (unpaired) electrons. The highest BCUT2D eigenvalue weighted by Crippen LogP contribution is 2.52. The maximum atomic E-state index is 5.18. The third-order valence-corrected chi connectivity index (χ3v) is 8.23. The van der Waals surface area contributed by atoms with Crippen molar-refractivity contribution in [2.24, 2.45) is 5.41 Å². The van der Waals surface area contributed by atoms with Crippen molar-refractivity contribution >= 4 is 0 Å². The van der Waals surface area contributed by atoms with Crippen LogP contribution in [-0.4, -0.2) is 65.6 Å². The van der Waals surface area contributed by atoms with Crippen molar-refractivity contribution in [3.05, 3.63) is 53.5 Å². The fourth-order valence-electron chi connectivity index (χ4n) is 6.35. The summed E-state index contributed by atoms with van der Waals surface area (Å²) in [6, 6.07) is 10.3. The summed E-state index contributed by atoms with van der Waals surface area (Å²) in [5, 5.41) is 3.55. The van der Waals surface area contributed by atoms with E-state index in [1.165, 1.54) is 49.9 Å². The van der Waals surface area contributed by atoms with Crippen LogP contribution in [0.1, 0.15) is 68.3 Å². The molecule has 1 unspecified atom stereocenters. The van der Waals surface area contributed by atoms with Crippen LogP contribution in [0, 0.1) is 5.41 Å². The number of methoxy groups -OCH3 is 1. The number of ether oxygens (including phenoxy) is 1. The molecule has 1 aromatic carbocycles. The number of benzene rings is 1. The van der Waals surface area contributed by atoms with Crippen LogP contribution in [0.2, 0.25) is 0 Å². The number of hydrogen-bond acceptors (Lipinski definition) is 6. The fourth-order valence-corrected chi connectivity index (χ4v) is 6.35. The number of piperidine rings is 1. The van der Waals surface area contributed by atoms with E-state index >= 15 is 0 Å². The minimum Gasteiger partial charge on any atom is -0.480 e. The molecular weight excluding hydrogens is 410 g/mol. The Morgan fingerprint density at radius 2 is 1.88 bits per heavy atom. The van der Waals surface area contributed by atoms with Gasteiger partial charge in [0, 0.05) is 38.3 Å². The molecule has 1 saturated carbocycles. The van der Waals surface area contributed by atoms with Gasteiger partial charge in [0.2, 0.25) is 5.88 Å². The third-order valence-electron chi connectivity index (χ3n) is 8.23. The molecule has 3 heterocycles. The zero-order valence-corrected chi connectivity index (χ0v) is 20.5. The molecule has 1 spiro atoms. The number of rotatable bonds is 6. The van der Waals surface area contributed by atoms with E-state index in [2.05, 4.69) is 63.2 Å². The Kier molecular flexibility index (Phi) is 6.68. The Bertz CT molecular complexity index is 916. The van der Waals surface area contributed by atoms with Crippen LogP contribution in [0.3, 0.4) is 0 Å². The first kappa shape index (κ1) is 22.8.